The normalized spacial score (nSPS) is 11.1. The Kier molecular flexibility index (Phi) is 5.68. The average molecular weight is 391 g/mol. The molecule has 0 radical (unpaired) electrons. The van der Waals surface area contributed by atoms with Crippen LogP contribution in [0.25, 0.3) is 11.4 Å². The number of thioether (sulfide) groups is 1. The van der Waals surface area contributed by atoms with Crippen molar-refractivity contribution in [1.29, 1.82) is 0 Å². The highest BCUT2D eigenvalue weighted by atomic mass is 35.5. The van der Waals surface area contributed by atoms with Crippen LogP contribution in [0, 0.1) is 6.92 Å². The van der Waals surface area contributed by atoms with Gasteiger partial charge in [0.05, 0.1) is 17.6 Å². The molecule has 2 heterocycles. The second kappa shape index (κ2) is 7.97. The molecule has 0 fully saturated rings. The van der Waals surface area contributed by atoms with Gasteiger partial charge in [-0.1, -0.05) is 23.4 Å². The predicted molar refractivity (Wildman–Crippen MR) is 104 cm³/mol. The SMILES string of the molecule is Cc1occc1-c1nnc(SCC(=O)Nc2ccc(Cl)cc2)n1C(C)C. The molecule has 1 amide bonds. The fraction of sp³-hybridized carbons (Fsp3) is 0.278. The van der Waals surface area contributed by atoms with E-state index in [0.717, 1.165) is 17.1 Å². The molecule has 3 aromatic rings. The number of benzene rings is 1. The molecule has 0 aliphatic heterocycles. The Hall–Kier alpha value is -2.25. The molecule has 1 N–H and O–H groups in total. The Morgan fingerprint density at radius 3 is 2.62 bits per heavy atom. The summed E-state index contributed by atoms with van der Waals surface area (Å²) >= 11 is 7.20. The van der Waals surface area contributed by atoms with Crippen LogP contribution in [0.1, 0.15) is 25.6 Å². The van der Waals surface area contributed by atoms with Gasteiger partial charge in [-0.05, 0) is 51.1 Å². The van der Waals surface area contributed by atoms with E-state index in [1.807, 2.05) is 17.6 Å². The highest BCUT2D eigenvalue weighted by molar-refractivity contribution is 7.99. The summed E-state index contributed by atoms with van der Waals surface area (Å²) < 4.78 is 7.39. The second-order valence-corrected chi connectivity index (χ2v) is 7.38. The quantitative estimate of drug-likeness (QED) is 0.611. The van der Waals surface area contributed by atoms with E-state index in [9.17, 15) is 4.79 Å². The average Bonchev–Trinajstić information content (AvgIpc) is 3.20. The Morgan fingerprint density at radius 2 is 2.00 bits per heavy atom. The van der Waals surface area contributed by atoms with Crippen LogP contribution >= 0.6 is 23.4 Å². The van der Waals surface area contributed by atoms with Gasteiger partial charge in [-0.2, -0.15) is 0 Å². The molecule has 0 unspecified atom stereocenters. The molecule has 8 heteroatoms. The molecule has 0 atom stereocenters. The van der Waals surface area contributed by atoms with Crippen molar-refractivity contribution in [3.8, 4) is 11.4 Å². The third-order valence-electron chi connectivity index (χ3n) is 3.74. The number of carbonyl (C=O) groups excluding carboxylic acids is 1. The fourth-order valence-corrected chi connectivity index (χ4v) is 3.50. The first-order valence-electron chi connectivity index (χ1n) is 8.13. The molecule has 136 valence electrons. The molecule has 6 nitrogen and oxygen atoms in total. The van der Waals surface area contributed by atoms with Gasteiger partial charge in [-0.15, -0.1) is 10.2 Å². The first-order valence-corrected chi connectivity index (χ1v) is 9.49. The molecule has 0 saturated heterocycles. The maximum atomic E-state index is 12.2. The largest absolute Gasteiger partial charge is 0.469 e. The highest BCUT2D eigenvalue weighted by Gasteiger charge is 2.20. The van der Waals surface area contributed by atoms with Crippen molar-refractivity contribution in [2.24, 2.45) is 0 Å². The van der Waals surface area contributed by atoms with Gasteiger partial charge in [0, 0.05) is 16.8 Å². The zero-order valence-corrected chi connectivity index (χ0v) is 16.3. The minimum atomic E-state index is -0.114. The fourth-order valence-electron chi connectivity index (χ4n) is 2.50. The van der Waals surface area contributed by atoms with Gasteiger partial charge in [0.1, 0.15) is 5.76 Å². The number of rotatable bonds is 6. The Labute approximate surface area is 160 Å². The monoisotopic (exact) mass is 390 g/mol. The summed E-state index contributed by atoms with van der Waals surface area (Å²) in [6, 6.07) is 9.03. The number of aryl methyl sites for hydroxylation is 1. The van der Waals surface area contributed by atoms with Crippen LogP contribution in [-0.2, 0) is 4.79 Å². The molecule has 0 spiro atoms. The van der Waals surface area contributed by atoms with Crippen molar-refractivity contribution in [3.05, 3.63) is 47.4 Å². The van der Waals surface area contributed by atoms with Gasteiger partial charge >= 0.3 is 0 Å². The number of amides is 1. The van der Waals surface area contributed by atoms with E-state index in [2.05, 4.69) is 29.4 Å². The number of halogens is 1. The topological polar surface area (TPSA) is 72.9 Å². The summed E-state index contributed by atoms with van der Waals surface area (Å²) in [6.07, 6.45) is 1.64. The van der Waals surface area contributed by atoms with Gasteiger partial charge in [-0.3, -0.25) is 9.36 Å². The van der Waals surface area contributed by atoms with Crippen LogP contribution in [0.4, 0.5) is 5.69 Å². The number of hydrogen-bond donors (Lipinski definition) is 1. The number of anilines is 1. The van der Waals surface area contributed by atoms with E-state index in [0.29, 0.717) is 15.9 Å². The number of nitrogens with one attached hydrogen (secondary N) is 1. The summed E-state index contributed by atoms with van der Waals surface area (Å²) in [6.45, 7) is 6.00. The van der Waals surface area contributed by atoms with Crippen molar-refractivity contribution in [2.45, 2.75) is 32.0 Å². The van der Waals surface area contributed by atoms with Crippen molar-refractivity contribution < 1.29 is 9.21 Å². The molecule has 1 aromatic carbocycles. The lowest BCUT2D eigenvalue weighted by molar-refractivity contribution is -0.113. The van der Waals surface area contributed by atoms with Gasteiger partial charge in [-0.25, -0.2) is 0 Å². The van der Waals surface area contributed by atoms with Crippen LogP contribution in [0.2, 0.25) is 5.02 Å². The Balaban J connectivity index is 1.72. The second-order valence-electron chi connectivity index (χ2n) is 6.00. The third-order valence-corrected chi connectivity index (χ3v) is 4.94. The summed E-state index contributed by atoms with van der Waals surface area (Å²) in [5.74, 6) is 1.65. The smallest absolute Gasteiger partial charge is 0.234 e. The zero-order chi connectivity index (χ0) is 18.7. The van der Waals surface area contributed by atoms with E-state index in [4.69, 9.17) is 16.0 Å². The highest BCUT2D eigenvalue weighted by Crippen LogP contribution is 2.30. The first kappa shape index (κ1) is 18.5. The molecule has 0 aliphatic carbocycles. The lowest BCUT2D eigenvalue weighted by Gasteiger charge is -2.13. The van der Waals surface area contributed by atoms with Crippen LogP contribution in [0.5, 0.6) is 0 Å². The maximum absolute atomic E-state index is 12.2. The Bertz CT molecular complexity index is 902. The number of furan rings is 1. The number of carbonyl (C=O) groups is 1. The lowest BCUT2D eigenvalue weighted by Crippen LogP contribution is -2.15. The molecule has 2 aromatic heterocycles. The van der Waals surface area contributed by atoms with Crippen LogP contribution in [0.3, 0.4) is 0 Å². The predicted octanol–water partition coefficient (Wildman–Crippen LogP) is 4.81. The first-order chi connectivity index (χ1) is 12.5. The minimum absolute atomic E-state index is 0.114. The molecule has 26 heavy (non-hydrogen) atoms. The molecular weight excluding hydrogens is 372 g/mol. The third kappa shape index (κ3) is 4.11. The summed E-state index contributed by atoms with van der Waals surface area (Å²) in [7, 11) is 0. The minimum Gasteiger partial charge on any atom is -0.469 e. The molecule has 3 rings (SSSR count). The van der Waals surface area contributed by atoms with E-state index in [-0.39, 0.29) is 17.7 Å². The van der Waals surface area contributed by atoms with E-state index < -0.39 is 0 Å². The van der Waals surface area contributed by atoms with E-state index in [1.54, 1.807) is 30.5 Å². The summed E-state index contributed by atoms with van der Waals surface area (Å²) in [5, 5.41) is 12.7. The van der Waals surface area contributed by atoms with Crippen LogP contribution in [0.15, 0.2) is 46.2 Å². The van der Waals surface area contributed by atoms with Crippen LogP contribution < -0.4 is 5.32 Å². The van der Waals surface area contributed by atoms with Crippen molar-refractivity contribution in [1.82, 2.24) is 14.8 Å². The summed E-state index contributed by atoms with van der Waals surface area (Å²) in [5.41, 5.74) is 1.61. The van der Waals surface area contributed by atoms with Gasteiger partial charge in [0.25, 0.3) is 0 Å². The molecule has 0 aliphatic rings. The van der Waals surface area contributed by atoms with Crippen molar-refractivity contribution in [2.75, 3.05) is 11.1 Å². The number of nitrogens with zero attached hydrogens (tertiary/aromatic N) is 3. The lowest BCUT2D eigenvalue weighted by atomic mass is 10.2. The standard InChI is InChI=1S/C18H19ClN4O2S/c1-11(2)23-17(15-8-9-25-12(15)3)21-22-18(23)26-10-16(24)20-14-6-4-13(19)5-7-14/h4-9,11H,10H2,1-3H3,(H,20,24). The summed E-state index contributed by atoms with van der Waals surface area (Å²) in [4.78, 5) is 12.2. The molecular formula is C18H19ClN4O2S. The number of hydrogen-bond acceptors (Lipinski definition) is 5. The van der Waals surface area contributed by atoms with Gasteiger partial charge < -0.3 is 9.73 Å². The Morgan fingerprint density at radius 1 is 1.27 bits per heavy atom. The maximum Gasteiger partial charge on any atom is 0.234 e. The zero-order valence-electron chi connectivity index (χ0n) is 14.7. The van der Waals surface area contributed by atoms with Gasteiger partial charge in [0.2, 0.25) is 5.91 Å². The van der Waals surface area contributed by atoms with E-state index >= 15 is 0 Å². The van der Waals surface area contributed by atoms with Crippen molar-refractivity contribution in [3.63, 3.8) is 0 Å². The van der Waals surface area contributed by atoms with E-state index in [1.165, 1.54) is 11.8 Å². The van der Waals surface area contributed by atoms with Gasteiger partial charge in [0.15, 0.2) is 11.0 Å². The molecule has 0 saturated carbocycles. The number of aromatic nitrogens is 3. The van der Waals surface area contributed by atoms with Crippen molar-refractivity contribution >= 4 is 35.0 Å². The van der Waals surface area contributed by atoms with Crippen LogP contribution in [-0.4, -0.2) is 26.4 Å². The molecule has 0 bridgehead atoms.